The quantitative estimate of drug-likeness (QED) is 0.834. The zero-order valence-corrected chi connectivity index (χ0v) is 11.4. The third-order valence-corrected chi connectivity index (χ3v) is 3.16. The first kappa shape index (κ1) is 12.9. The van der Waals surface area contributed by atoms with Gasteiger partial charge in [-0.15, -0.1) is 0 Å². The molecule has 0 saturated carbocycles. The number of imidazole rings is 1. The van der Waals surface area contributed by atoms with E-state index in [1.54, 1.807) is 18.6 Å². The van der Waals surface area contributed by atoms with E-state index in [1.807, 2.05) is 10.8 Å². The summed E-state index contributed by atoms with van der Waals surface area (Å²) in [4.78, 5) is 15.7. The highest BCUT2D eigenvalue weighted by Gasteiger charge is 2.11. The maximum absolute atomic E-state index is 11.7. The minimum Gasteiger partial charge on any atom is -0.457 e. The number of halogens is 1. The van der Waals surface area contributed by atoms with E-state index in [-0.39, 0.29) is 5.91 Å². The fraction of sp³-hybridized carbons (Fsp3) is 0.333. The van der Waals surface area contributed by atoms with Gasteiger partial charge in [-0.2, -0.15) is 0 Å². The maximum atomic E-state index is 11.7. The van der Waals surface area contributed by atoms with Crippen LogP contribution in [0.3, 0.4) is 0 Å². The number of amides is 1. The van der Waals surface area contributed by atoms with Crippen LogP contribution in [0.4, 0.5) is 0 Å². The van der Waals surface area contributed by atoms with Gasteiger partial charge in [-0.1, -0.05) is 0 Å². The lowest BCUT2D eigenvalue weighted by Gasteiger charge is -2.04. The zero-order chi connectivity index (χ0) is 12.8. The van der Waals surface area contributed by atoms with E-state index in [1.165, 1.54) is 6.26 Å². The first-order chi connectivity index (χ1) is 8.77. The van der Waals surface area contributed by atoms with E-state index in [0.29, 0.717) is 16.8 Å². The molecule has 0 unspecified atom stereocenters. The molecule has 1 N–H and O–H groups in total. The predicted octanol–water partition coefficient (Wildman–Crippen LogP) is 2.45. The van der Waals surface area contributed by atoms with Crippen LogP contribution in [0.25, 0.3) is 0 Å². The molecule has 0 aromatic carbocycles. The van der Waals surface area contributed by atoms with Gasteiger partial charge in [0.05, 0.1) is 18.2 Å². The molecule has 1 amide bonds. The van der Waals surface area contributed by atoms with Crippen molar-refractivity contribution in [1.82, 2.24) is 14.9 Å². The molecule has 0 atom stereocenters. The zero-order valence-electron chi connectivity index (χ0n) is 9.80. The molecule has 0 fully saturated rings. The molecule has 2 heterocycles. The monoisotopic (exact) mass is 311 g/mol. The highest BCUT2D eigenvalue weighted by atomic mass is 79.9. The van der Waals surface area contributed by atoms with E-state index in [4.69, 9.17) is 4.42 Å². The summed E-state index contributed by atoms with van der Waals surface area (Å²) in [5, 5.41) is 2.85. The van der Waals surface area contributed by atoms with Crippen molar-refractivity contribution in [1.29, 1.82) is 0 Å². The van der Waals surface area contributed by atoms with Gasteiger partial charge < -0.3 is 14.3 Å². The van der Waals surface area contributed by atoms with Gasteiger partial charge in [0.25, 0.3) is 5.91 Å². The van der Waals surface area contributed by atoms with Gasteiger partial charge in [0.2, 0.25) is 0 Å². The minimum absolute atomic E-state index is 0.113. The van der Waals surface area contributed by atoms with Crippen molar-refractivity contribution in [3.63, 3.8) is 0 Å². The number of nitrogens with zero attached hydrogens (tertiary/aromatic N) is 2. The lowest BCUT2D eigenvalue weighted by atomic mass is 10.3. The Bertz CT molecular complexity index is 493. The fourth-order valence-electron chi connectivity index (χ4n) is 1.59. The molecule has 0 aliphatic carbocycles. The molecule has 0 radical (unpaired) electrons. The van der Waals surface area contributed by atoms with Gasteiger partial charge in [-0.3, -0.25) is 4.79 Å². The van der Waals surface area contributed by atoms with Crippen LogP contribution < -0.4 is 5.32 Å². The van der Waals surface area contributed by atoms with Gasteiger partial charge in [0.15, 0.2) is 4.67 Å². The van der Waals surface area contributed by atoms with Crippen LogP contribution >= 0.6 is 15.9 Å². The van der Waals surface area contributed by atoms with Crippen molar-refractivity contribution in [2.24, 2.45) is 0 Å². The summed E-state index contributed by atoms with van der Waals surface area (Å²) in [5.41, 5.74) is 0.532. The van der Waals surface area contributed by atoms with Gasteiger partial charge in [0, 0.05) is 25.5 Å². The topological polar surface area (TPSA) is 60.1 Å². The SMILES string of the molecule is O=C(NCCCCn1ccnc1)c1ccoc1Br. The number of aromatic nitrogens is 2. The molecule has 0 spiro atoms. The summed E-state index contributed by atoms with van der Waals surface area (Å²) < 4.78 is 7.50. The number of carbonyl (C=O) groups excluding carboxylic acids is 1. The molecule has 6 heteroatoms. The average Bonchev–Trinajstić information content (AvgIpc) is 2.99. The number of furan rings is 1. The summed E-state index contributed by atoms with van der Waals surface area (Å²) in [5.74, 6) is -0.113. The highest BCUT2D eigenvalue weighted by molar-refractivity contribution is 9.10. The molecule has 0 bridgehead atoms. The van der Waals surface area contributed by atoms with Crippen molar-refractivity contribution in [3.8, 4) is 0 Å². The highest BCUT2D eigenvalue weighted by Crippen LogP contribution is 2.16. The van der Waals surface area contributed by atoms with Gasteiger partial charge in [-0.05, 0) is 34.8 Å². The molecule has 0 saturated heterocycles. The van der Waals surface area contributed by atoms with E-state index < -0.39 is 0 Å². The summed E-state index contributed by atoms with van der Waals surface area (Å²) in [6.45, 7) is 1.58. The Morgan fingerprint density at radius 1 is 1.50 bits per heavy atom. The number of carbonyl (C=O) groups is 1. The van der Waals surface area contributed by atoms with E-state index >= 15 is 0 Å². The number of nitrogens with one attached hydrogen (secondary N) is 1. The number of hydrogen-bond acceptors (Lipinski definition) is 3. The van der Waals surface area contributed by atoms with Crippen molar-refractivity contribution >= 4 is 21.8 Å². The van der Waals surface area contributed by atoms with Crippen LogP contribution in [-0.4, -0.2) is 22.0 Å². The minimum atomic E-state index is -0.113. The van der Waals surface area contributed by atoms with Crippen LogP contribution in [0.15, 0.2) is 40.1 Å². The van der Waals surface area contributed by atoms with Crippen molar-refractivity contribution in [3.05, 3.63) is 41.3 Å². The summed E-state index contributed by atoms with van der Waals surface area (Å²) in [7, 11) is 0. The second-order valence-electron chi connectivity index (χ2n) is 3.87. The first-order valence-electron chi connectivity index (χ1n) is 5.74. The first-order valence-corrected chi connectivity index (χ1v) is 6.53. The van der Waals surface area contributed by atoms with Crippen LogP contribution in [0, 0.1) is 0 Å². The van der Waals surface area contributed by atoms with E-state index in [0.717, 1.165) is 19.4 Å². The average molecular weight is 312 g/mol. The molecule has 96 valence electrons. The smallest absolute Gasteiger partial charge is 0.255 e. The molecule has 0 aliphatic rings. The van der Waals surface area contributed by atoms with Crippen LogP contribution in [0.5, 0.6) is 0 Å². The maximum Gasteiger partial charge on any atom is 0.255 e. The molecule has 0 aliphatic heterocycles. The summed E-state index contributed by atoms with van der Waals surface area (Å²) in [6.07, 6.45) is 8.90. The number of rotatable bonds is 6. The van der Waals surface area contributed by atoms with Crippen molar-refractivity contribution < 1.29 is 9.21 Å². The molecule has 2 aromatic heterocycles. The Balaban J connectivity index is 1.64. The van der Waals surface area contributed by atoms with Crippen LogP contribution in [0.2, 0.25) is 0 Å². The third kappa shape index (κ3) is 3.46. The van der Waals surface area contributed by atoms with Crippen molar-refractivity contribution in [2.45, 2.75) is 19.4 Å². The second-order valence-corrected chi connectivity index (χ2v) is 4.59. The molecule has 5 nitrogen and oxygen atoms in total. The lowest BCUT2D eigenvalue weighted by molar-refractivity contribution is 0.0951. The molecule has 2 rings (SSSR count). The van der Waals surface area contributed by atoms with Crippen LogP contribution in [-0.2, 0) is 6.54 Å². The Labute approximate surface area is 113 Å². The van der Waals surface area contributed by atoms with Gasteiger partial charge in [0.1, 0.15) is 0 Å². The summed E-state index contributed by atoms with van der Waals surface area (Å²) >= 11 is 3.18. The Kier molecular flexibility index (Phi) is 4.58. The lowest BCUT2D eigenvalue weighted by Crippen LogP contribution is -2.24. The predicted molar refractivity (Wildman–Crippen MR) is 70.2 cm³/mol. The van der Waals surface area contributed by atoms with Crippen molar-refractivity contribution in [2.75, 3.05) is 6.54 Å². The normalized spacial score (nSPS) is 10.5. The Morgan fingerprint density at radius 2 is 2.39 bits per heavy atom. The van der Waals surface area contributed by atoms with E-state index in [2.05, 4.69) is 26.2 Å². The van der Waals surface area contributed by atoms with Gasteiger partial charge >= 0.3 is 0 Å². The largest absolute Gasteiger partial charge is 0.457 e. The van der Waals surface area contributed by atoms with E-state index in [9.17, 15) is 4.79 Å². The Hall–Kier alpha value is -1.56. The van der Waals surface area contributed by atoms with Gasteiger partial charge in [-0.25, -0.2) is 4.98 Å². The second kappa shape index (κ2) is 6.39. The third-order valence-electron chi connectivity index (χ3n) is 2.55. The molecular formula is C12H14BrN3O2. The van der Waals surface area contributed by atoms with Crippen LogP contribution in [0.1, 0.15) is 23.2 Å². The molecule has 18 heavy (non-hydrogen) atoms. The fourth-order valence-corrected chi connectivity index (χ4v) is 2.01. The number of unbranched alkanes of at least 4 members (excludes halogenated alkanes) is 1. The number of aryl methyl sites for hydroxylation is 1. The summed E-state index contributed by atoms with van der Waals surface area (Å²) in [6, 6.07) is 1.64. The number of hydrogen-bond donors (Lipinski definition) is 1. The standard InChI is InChI=1S/C12H14BrN3O2/c13-11-10(3-8-18-11)12(17)15-4-1-2-6-16-7-5-14-9-16/h3,5,7-9H,1-2,4,6H2,(H,15,17). The molecule has 2 aromatic rings. The Morgan fingerprint density at radius 3 is 3.06 bits per heavy atom. The molecular weight excluding hydrogens is 298 g/mol.